The van der Waals surface area contributed by atoms with Gasteiger partial charge in [-0.25, -0.2) is 0 Å². The Morgan fingerprint density at radius 2 is 1.03 bits per heavy atom. The molecule has 6 nitrogen and oxygen atoms in total. The molecule has 7 heteroatoms. The minimum atomic E-state index is -0.471. The van der Waals surface area contributed by atoms with E-state index in [9.17, 15) is 14.4 Å². The van der Waals surface area contributed by atoms with Crippen molar-refractivity contribution in [3.05, 3.63) is 100 Å². The van der Waals surface area contributed by atoms with Crippen molar-refractivity contribution >= 4 is 35.0 Å². The molecular formula is C22H18ClN3O3. The summed E-state index contributed by atoms with van der Waals surface area (Å²) < 4.78 is 0. The number of amides is 3. The highest BCUT2D eigenvalue weighted by atomic mass is 35.5. The van der Waals surface area contributed by atoms with E-state index in [0.29, 0.717) is 27.4 Å². The first-order chi connectivity index (χ1) is 13.9. The van der Waals surface area contributed by atoms with Gasteiger partial charge in [0.1, 0.15) is 0 Å². The molecule has 0 aliphatic carbocycles. The molecule has 29 heavy (non-hydrogen) atoms. The molecule has 0 saturated carbocycles. The highest BCUT2D eigenvalue weighted by Crippen LogP contribution is 2.14. The van der Waals surface area contributed by atoms with Crippen LogP contribution in [0, 0.1) is 6.92 Å². The summed E-state index contributed by atoms with van der Waals surface area (Å²) in [5, 5.41) is 3.28. The van der Waals surface area contributed by atoms with Crippen LogP contribution < -0.4 is 16.2 Å². The first-order valence-corrected chi connectivity index (χ1v) is 9.14. The third-order valence-electron chi connectivity index (χ3n) is 4.11. The summed E-state index contributed by atoms with van der Waals surface area (Å²) in [6, 6.07) is 19.8. The van der Waals surface area contributed by atoms with Gasteiger partial charge in [0.15, 0.2) is 0 Å². The Kier molecular flexibility index (Phi) is 6.26. The Bertz CT molecular complexity index is 1030. The molecule has 0 fully saturated rings. The fraction of sp³-hybridized carbons (Fsp3) is 0.0455. The fourth-order valence-electron chi connectivity index (χ4n) is 2.47. The third-order valence-corrected chi connectivity index (χ3v) is 4.37. The maximum Gasteiger partial charge on any atom is 0.269 e. The van der Waals surface area contributed by atoms with E-state index in [1.165, 1.54) is 0 Å². The molecule has 0 saturated heterocycles. The van der Waals surface area contributed by atoms with Gasteiger partial charge in [0, 0.05) is 27.4 Å². The predicted octanol–water partition coefficient (Wildman–Crippen LogP) is 3.98. The number of rotatable bonds is 4. The summed E-state index contributed by atoms with van der Waals surface area (Å²) >= 11 is 5.81. The number of aryl methyl sites for hydroxylation is 1. The van der Waals surface area contributed by atoms with Crippen molar-refractivity contribution in [2.75, 3.05) is 5.32 Å². The first-order valence-electron chi connectivity index (χ1n) is 8.77. The SMILES string of the molecule is Cc1ccc(C(=O)NNC(=O)c2ccc(NC(=O)c3ccc(Cl)cc3)cc2)cc1. The highest BCUT2D eigenvalue weighted by Gasteiger charge is 2.10. The number of hydrazine groups is 1. The molecule has 0 unspecified atom stereocenters. The zero-order valence-corrected chi connectivity index (χ0v) is 16.3. The minimum absolute atomic E-state index is 0.288. The molecule has 0 heterocycles. The highest BCUT2D eigenvalue weighted by molar-refractivity contribution is 6.30. The zero-order chi connectivity index (χ0) is 20.8. The number of nitrogens with one attached hydrogen (secondary N) is 3. The van der Waals surface area contributed by atoms with Crippen molar-refractivity contribution < 1.29 is 14.4 Å². The molecule has 3 rings (SSSR count). The molecule has 3 N–H and O–H groups in total. The summed E-state index contributed by atoms with van der Waals surface area (Å²) in [6.45, 7) is 1.92. The van der Waals surface area contributed by atoms with Crippen LogP contribution in [0.3, 0.4) is 0 Å². The number of hydrogen-bond donors (Lipinski definition) is 3. The van der Waals surface area contributed by atoms with E-state index in [4.69, 9.17) is 11.6 Å². The molecular weight excluding hydrogens is 390 g/mol. The van der Waals surface area contributed by atoms with Crippen LogP contribution >= 0.6 is 11.6 Å². The lowest BCUT2D eigenvalue weighted by molar-refractivity contribution is 0.0846. The number of benzene rings is 3. The fourth-order valence-corrected chi connectivity index (χ4v) is 2.60. The zero-order valence-electron chi connectivity index (χ0n) is 15.5. The molecule has 0 aliphatic rings. The maximum atomic E-state index is 12.2. The van der Waals surface area contributed by atoms with Crippen molar-refractivity contribution in [1.29, 1.82) is 0 Å². The van der Waals surface area contributed by atoms with Crippen LogP contribution in [-0.2, 0) is 0 Å². The maximum absolute atomic E-state index is 12.2. The van der Waals surface area contributed by atoms with Gasteiger partial charge in [-0.3, -0.25) is 25.2 Å². The van der Waals surface area contributed by atoms with Crippen molar-refractivity contribution in [1.82, 2.24) is 10.9 Å². The van der Waals surface area contributed by atoms with Gasteiger partial charge in [-0.2, -0.15) is 0 Å². The third kappa shape index (κ3) is 5.43. The summed E-state index contributed by atoms with van der Waals surface area (Å²) in [7, 11) is 0. The van der Waals surface area contributed by atoms with Gasteiger partial charge in [0.2, 0.25) is 0 Å². The summed E-state index contributed by atoms with van der Waals surface area (Å²) in [4.78, 5) is 36.4. The van der Waals surface area contributed by atoms with Crippen LogP contribution in [0.25, 0.3) is 0 Å². The van der Waals surface area contributed by atoms with Gasteiger partial charge in [-0.15, -0.1) is 0 Å². The molecule has 3 aromatic rings. The molecule has 0 bridgehead atoms. The molecule has 0 aromatic heterocycles. The van der Waals surface area contributed by atoms with Crippen molar-refractivity contribution in [3.8, 4) is 0 Å². The molecule has 0 aliphatic heterocycles. The van der Waals surface area contributed by atoms with Gasteiger partial charge in [0.05, 0.1) is 0 Å². The Labute approximate surface area is 172 Å². The minimum Gasteiger partial charge on any atom is -0.322 e. The normalized spacial score (nSPS) is 10.1. The van der Waals surface area contributed by atoms with Crippen LogP contribution in [0.1, 0.15) is 36.6 Å². The summed E-state index contributed by atoms with van der Waals surface area (Å²) in [5.74, 6) is -1.17. The van der Waals surface area contributed by atoms with Crippen LogP contribution in [0.4, 0.5) is 5.69 Å². The lowest BCUT2D eigenvalue weighted by Gasteiger charge is -2.09. The van der Waals surface area contributed by atoms with E-state index in [1.54, 1.807) is 60.7 Å². The summed E-state index contributed by atoms with van der Waals surface area (Å²) in [6.07, 6.45) is 0. The van der Waals surface area contributed by atoms with E-state index < -0.39 is 11.8 Å². The number of anilines is 1. The number of carbonyl (C=O) groups is 3. The Morgan fingerprint density at radius 3 is 1.55 bits per heavy atom. The lowest BCUT2D eigenvalue weighted by atomic mass is 10.1. The second-order valence-corrected chi connectivity index (χ2v) is 6.75. The van der Waals surface area contributed by atoms with E-state index in [-0.39, 0.29) is 5.91 Å². The average molecular weight is 408 g/mol. The van der Waals surface area contributed by atoms with Crippen LogP contribution in [0.15, 0.2) is 72.8 Å². The van der Waals surface area contributed by atoms with Gasteiger partial charge in [-0.1, -0.05) is 29.3 Å². The van der Waals surface area contributed by atoms with Gasteiger partial charge >= 0.3 is 0 Å². The Morgan fingerprint density at radius 1 is 0.621 bits per heavy atom. The number of hydrogen-bond acceptors (Lipinski definition) is 3. The first kappa shape index (κ1) is 20.1. The lowest BCUT2D eigenvalue weighted by Crippen LogP contribution is -2.41. The van der Waals surface area contributed by atoms with Crippen LogP contribution in [-0.4, -0.2) is 17.7 Å². The largest absolute Gasteiger partial charge is 0.322 e. The molecule has 3 amide bonds. The van der Waals surface area contributed by atoms with Gasteiger partial charge in [0.25, 0.3) is 17.7 Å². The Hall–Kier alpha value is -3.64. The average Bonchev–Trinajstić information content (AvgIpc) is 2.73. The molecule has 0 radical (unpaired) electrons. The van der Waals surface area contributed by atoms with E-state index >= 15 is 0 Å². The van der Waals surface area contributed by atoms with Gasteiger partial charge in [-0.05, 0) is 67.6 Å². The Balaban J connectivity index is 1.55. The van der Waals surface area contributed by atoms with Crippen LogP contribution in [0.2, 0.25) is 5.02 Å². The molecule has 0 atom stereocenters. The smallest absolute Gasteiger partial charge is 0.269 e. The molecule has 146 valence electrons. The van der Waals surface area contributed by atoms with Crippen molar-refractivity contribution in [2.24, 2.45) is 0 Å². The second kappa shape index (κ2) is 9.03. The van der Waals surface area contributed by atoms with E-state index in [2.05, 4.69) is 16.2 Å². The standard InChI is InChI=1S/C22H18ClN3O3/c1-14-2-4-16(5-3-14)21(28)25-26-22(29)17-8-12-19(13-9-17)24-20(27)15-6-10-18(23)11-7-15/h2-13H,1H3,(H,24,27)(H,25,28)(H,26,29). The molecule has 3 aromatic carbocycles. The molecule has 0 spiro atoms. The second-order valence-electron chi connectivity index (χ2n) is 6.31. The van der Waals surface area contributed by atoms with Crippen molar-refractivity contribution in [2.45, 2.75) is 6.92 Å². The topological polar surface area (TPSA) is 87.3 Å². The van der Waals surface area contributed by atoms with Crippen LogP contribution in [0.5, 0.6) is 0 Å². The van der Waals surface area contributed by atoms with Crippen molar-refractivity contribution in [3.63, 3.8) is 0 Å². The number of carbonyl (C=O) groups excluding carboxylic acids is 3. The van der Waals surface area contributed by atoms with E-state index in [0.717, 1.165) is 5.56 Å². The quantitative estimate of drug-likeness (QED) is 0.572. The van der Waals surface area contributed by atoms with E-state index in [1.807, 2.05) is 19.1 Å². The number of halogens is 1. The van der Waals surface area contributed by atoms with Gasteiger partial charge < -0.3 is 5.32 Å². The predicted molar refractivity (Wildman–Crippen MR) is 112 cm³/mol. The monoisotopic (exact) mass is 407 g/mol. The summed E-state index contributed by atoms with van der Waals surface area (Å²) in [5.41, 5.74) is 7.54.